The van der Waals surface area contributed by atoms with E-state index in [9.17, 15) is 9.59 Å². The first kappa shape index (κ1) is 15.9. The zero-order valence-electron chi connectivity index (χ0n) is 13.4. The standard InChI is InChI=1S/C21H17O3/c1-24-21(23)19-14-16-11-5-6-12-17(16)18(20(19)22)13-7-10-15-8-3-2-4-9-15/h2-12,14H,13H2,1H3/b10-7+. The number of Topliss-reactive ketones (excluding diaryl/α,β-unsaturated/α-hetero) is 1. The van der Waals surface area contributed by atoms with Gasteiger partial charge in [0.15, 0.2) is 5.78 Å². The molecular weight excluding hydrogens is 300 g/mol. The molecule has 0 N–H and O–H groups in total. The van der Waals surface area contributed by atoms with E-state index in [1.165, 1.54) is 7.11 Å². The zero-order chi connectivity index (χ0) is 16.9. The van der Waals surface area contributed by atoms with Gasteiger partial charge in [0.1, 0.15) is 5.57 Å². The Labute approximate surface area is 141 Å². The number of esters is 1. The molecule has 3 nitrogen and oxygen atoms in total. The van der Waals surface area contributed by atoms with Crippen LogP contribution in [0.1, 0.15) is 23.1 Å². The lowest BCUT2D eigenvalue weighted by atomic mass is 9.80. The smallest absolute Gasteiger partial charge is 0.341 e. The highest BCUT2D eigenvalue weighted by Crippen LogP contribution is 2.33. The number of carbonyl (C=O) groups is 2. The molecule has 1 radical (unpaired) electrons. The number of ether oxygens (including phenoxy) is 1. The fraction of sp³-hybridized carbons (Fsp3) is 0.0952. The summed E-state index contributed by atoms with van der Waals surface area (Å²) in [5.74, 6) is -0.252. The summed E-state index contributed by atoms with van der Waals surface area (Å²) in [5.41, 5.74) is 2.88. The fourth-order valence-electron chi connectivity index (χ4n) is 2.74. The van der Waals surface area contributed by atoms with Gasteiger partial charge in [-0.05, 0) is 29.2 Å². The van der Waals surface area contributed by atoms with Crippen LogP contribution in [0.2, 0.25) is 0 Å². The van der Waals surface area contributed by atoms with Gasteiger partial charge < -0.3 is 4.74 Å². The number of hydrogen-bond donors (Lipinski definition) is 0. The Morgan fingerprint density at radius 3 is 2.50 bits per heavy atom. The lowest BCUT2D eigenvalue weighted by Gasteiger charge is -2.21. The number of carbonyl (C=O) groups excluding carboxylic acids is 2. The van der Waals surface area contributed by atoms with Crippen LogP contribution >= 0.6 is 0 Å². The first-order valence-corrected chi connectivity index (χ1v) is 7.72. The van der Waals surface area contributed by atoms with Crippen LogP contribution in [0.25, 0.3) is 12.2 Å². The summed E-state index contributed by atoms with van der Waals surface area (Å²) in [5, 5.41) is 0. The number of hydrogen-bond acceptors (Lipinski definition) is 3. The molecule has 0 aromatic heterocycles. The van der Waals surface area contributed by atoms with Crippen LogP contribution in [0.5, 0.6) is 0 Å². The van der Waals surface area contributed by atoms with Gasteiger partial charge in [-0.15, -0.1) is 0 Å². The summed E-state index contributed by atoms with van der Waals surface area (Å²) < 4.78 is 4.74. The third-order valence-corrected chi connectivity index (χ3v) is 3.94. The highest BCUT2D eigenvalue weighted by molar-refractivity contribution is 6.28. The molecule has 2 aromatic rings. The Bertz CT molecular complexity index is 816. The lowest BCUT2D eigenvalue weighted by Crippen LogP contribution is -2.25. The summed E-state index contributed by atoms with van der Waals surface area (Å²) in [6.45, 7) is 0. The molecule has 119 valence electrons. The molecule has 0 spiro atoms. The van der Waals surface area contributed by atoms with E-state index in [1.807, 2.05) is 66.7 Å². The summed E-state index contributed by atoms with van der Waals surface area (Å²) in [6.07, 6.45) is 5.98. The van der Waals surface area contributed by atoms with Gasteiger partial charge in [0, 0.05) is 0 Å². The predicted octanol–water partition coefficient (Wildman–Crippen LogP) is 3.85. The molecule has 2 aromatic carbocycles. The molecule has 0 bridgehead atoms. The minimum absolute atomic E-state index is 0.0827. The average Bonchev–Trinajstić information content (AvgIpc) is 2.63. The summed E-state index contributed by atoms with van der Waals surface area (Å²) in [4.78, 5) is 24.6. The van der Waals surface area contributed by atoms with Crippen LogP contribution in [0.3, 0.4) is 0 Å². The highest BCUT2D eigenvalue weighted by atomic mass is 16.5. The normalized spacial score (nSPS) is 14.4. The van der Waals surface area contributed by atoms with Gasteiger partial charge in [-0.1, -0.05) is 66.7 Å². The second kappa shape index (κ2) is 7.09. The molecule has 3 heteroatoms. The van der Waals surface area contributed by atoms with Crippen LogP contribution in [0.15, 0.2) is 66.2 Å². The average molecular weight is 317 g/mol. The predicted molar refractivity (Wildman–Crippen MR) is 93.9 cm³/mol. The molecule has 1 aliphatic rings. The summed E-state index contributed by atoms with van der Waals surface area (Å²) in [6, 6.07) is 17.5. The SMILES string of the molecule is COC(=O)C1=Cc2ccccc2[C](C/C=C/c2ccccc2)C1=O. The maximum atomic E-state index is 12.7. The molecule has 3 rings (SSSR count). The van der Waals surface area contributed by atoms with Crippen molar-refractivity contribution in [2.24, 2.45) is 0 Å². The Kier molecular flexibility index (Phi) is 4.71. The van der Waals surface area contributed by atoms with E-state index in [2.05, 4.69) is 0 Å². The number of rotatable bonds is 4. The molecule has 0 amide bonds. The first-order valence-electron chi connectivity index (χ1n) is 7.72. The van der Waals surface area contributed by atoms with Crippen molar-refractivity contribution in [2.75, 3.05) is 7.11 Å². The number of benzene rings is 2. The monoisotopic (exact) mass is 317 g/mol. The van der Waals surface area contributed by atoms with Crippen LogP contribution < -0.4 is 0 Å². The minimum atomic E-state index is -0.598. The van der Waals surface area contributed by atoms with Crippen molar-refractivity contribution < 1.29 is 14.3 Å². The van der Waals surface area contributed by atoms with Crippen molar-refractivity contribution in [2.45, 2.75) is 6.42 Å². The molecule has 0 fully saturated rings. The zero-order valence-corrected chi connectivity index (χ0v) is 13.4. The van der Waals surface area contributed by atoms with Gasteiger partial charge in [-0.25, -0.2) is 4.79 Å². The van der Waals surface area contributed by atoms with Crippen molar-refractivity contribution in [1.82, 2.24) is 0 Å². The molecule has 1 aliphatic carbocycles. The highest BCUT2D eigenvalue weighted by Gasteiger charge is 2.33. The lowest BCUT2D eigenvalue weighted by molar-refractivity contribution is -0.137. The van der Waals surface area contributed by atoms with Crippen LogP contribution in [0, 0.1) is 5.92 Å². The van der Waals surface area contributed by atoms with Crippen molar-refractivity contribution >= 4 is 23.9 Å². The van der Waals surface area contributed by atoms with Gasteiger partial charge >= 0.3 is 5.97 Å². The number of fused-ring (bicyclic) bond motifs is 1. The number of allylic oxidation sites excluding steroid dienone is 1. The van der Waals surface area contributed by atoms with E-state index in [4.69, 9.17) is 4.74 Å². The van der Waals surface area contributed by atoms with Gasteiger partial charge in [0.05, 0.1) is 13.0 Å². The summed E-state index contributed by atoms with van der Waals surface area (Å²) in [7, 11) is 1.28. The van der Waals surface area contributed by atoms with Crippen molar-refractivity contribution in [3.8, 4) is 0 Å². The Morgan fingerprint density at radius 1 is 1.04 bits per heavy atom. The largest absolute Gasteiger partial charge is 0.465 e. The molecule has 0 saturated heterocycles. The molecule has 0 unspecified atom stereocenters. The van der Waals surface area contributed by atoms with E-state index in [1.54, 1.807) is 6.08 Å². The molecular formula is C21H17O3. The second-order valence-electron chi connectivity index (χ2n) is 5.46. The van der Waals surface area contributed by atoms with Crippen molar-refractivity contribution in [3.63, 3.8) is 0 Å². The maximum Gasteiger partial charge on any atom is 0.341 e. The first-order chi connectivity index (χ1) is 11.7. The quantitative estimate of drug-likeness (QED) is 0.635. The molecule has 0 aliphatic heterocycles. The Hall–Kier alpha value is -2.94. The van der Waals surface area contributed by atoms with E-state index in [0.29, 0.717) is 12.3 Å². The van der Waals surface area contributed by atoms with Gasteiger partial charge in [0.2, 0.25) is 0 Å². The van der Waals surface area contributed by atoms with Gasteiger partial charge in [-0.3, -0.25) is 4.79 Å². The maximum absolute atomic E-state index is 12.7. The van der Waals surface area contributed by atoms with Crippen molar-refractivity contribution in [3.05, 3.63) is 88.9 Å². The molecule has 24 heavy (non-hydrogen) atoms. The van der Waals surface area contributed by atoms with E-state index < -0.39 is 5.97 Å². The second-order valence-corrected chi connectivity index (χ2v) is 5.46. The van der Waals surface area contributed by atoms with E-state index in [-0.39, 0.29) is 11.4 Å². The molecule has 0 heterocycles. The van der Waals surface area contributed by atoms with Gasteiger partial charge in [-0.2, -0.15) is 0 Å². The fourth-order valence-corrected chi connectivity index (χ4v) is 2.74. The third-order valence-electron chi connectivity index (χ3n) is 3.94. The Morgan fingerprint density at radius 2 is 1.75 bits per heavy atom. The third kappa shape index (κ3) is 3.20. The van der Waals surface area contributed by atoms with Crippen LogP contribution in [-0.4, -0.2) is 18.9 Å². The topological polar surface area (TPSA) is 43.4 Å². The van der Waals surface area contributed by atoms with Gasteiger partial charge in [0.25, 0.3) is 0 Å². The minimum Gasteiger partial charge on any atom is -0.465 e. The van der Waals surface area contributed by atoms with Crippen LogP contribution in [-0.2, 0) is 14.3 Å². The number of methoxy groups -OCH3 is 1. The van der Waals surface area contributed by atoms with Crippen molar-refractivity contribution in [1.29, 1.82) is 0 Å². The molecule has 0 atom stereocenters. The number of ketones is 1. The summed E-state index contributed by atoms with van der Waals surface area (Å²) >= 11 is 0. The van der Waals surface area contributed by atoms with E-state index >= 15 is 0 Å². The van der Waals surface area contributed by atoms with Crippen LogP contribution in [0.4, 0.5) is 0 Å². The van der Waals surface area contributed by atoms with E-state index in [0.717, 1.165) is 16.7 Å². The molecule has 0 saturated carbocycles. The Balaban J connectivity index is 1.89.